The average molecular weight is 1220 g/mol. The Bertz CT molecular complexity index is 3210. The fourth-order valence-electron chi connectivity index (χ4n) is 7.29. The number of halogens is 2. The Morgan fingerprint density at radius 1 is 0.474 bits per heavy atom. The van der Waals surface area contributed by atoms with Gasteiger partial charge in [0.1, 0.15) is 11.6 Å². The molecule has 10 heteroatoms. The number of allylic oxidation sites excluding steroid dienone is 6. The molecule has 0 aliphatic carbocycles. The molecule has 0 fully saturated rings. The van der Waals surface area contributed by atoms with Crippen LogP contribution in [0.1, 0.15) is 50.5 Å². The number of carbonyl (C=O) groups excluding carboxylic acids is 3. The summed E-state index contributed by atoms with van der Waals surface area (Å²) < 4.78 is 28.9. The van der Waals surface area contributed by atoms with E-state index in [9.17, 15) is 33.1 Å². The van der Waals surface area contributed by atoms with E-state index in [1.807, 2.05) is 243 Å². The third-order valence-corrected chi connectivity index (χ3v) is 12.4. The standard InChI is InChI=1S/C17H13F2NO2.2C17H14O.C17H12O.2Pd/c18-13-6-7-15(19)14(9-13)12-8-16(20(10-12)17(21)22)11-4-2-1-3-5-11;3*18-17(13-11-15-7-3-1-4-8-15)14-12-16-9-5-2-6-10-16;;/h1-9,16H,10H2,(H,21,22);2*1-14H;1,3-13H;;. The van der Waals surface area contributed by atoms with E-state index in [2.05, 4.69) is 38.4 Å². The van der Waals surface area contributed by atoms with Gasteiger partial charge in [-0.05, 0) is 75.9 Å². The summed E-state index contributed by atoms with van der Waals surface area (Å²) in [5.74, 6) is -1.18. The van der Waals surface area contributed by atoms with E-state index in [-0.39, 0.29) is 29.5 Å². The maximum absolute atomic E-state index is 13.9. The van der Waals surface area contributed by atoms with Gasteiger partial charge >= 0.3 is 147 Å². The SMILES string of the molecule is O=C(C=Cc1ccccc1)C=Cc1ccccc1.O=C(C=Cc1ccccc1)C=Cc1ccccc1.O=C(C=Cc1ccccc1)[C]([Pd])=Cc1cc[c]([Pd])cc1.O=C(O)N1CC(c2cc(F)ccc2F)=CC1c1ccccc1. The van der Waals surface area contributed by atoms with Crippen LogP contribution in [0.4, 0.5) is 13.6 Å². The summed E-state index contributed by atoms with van der Waals surface area (Å²) in [7, 11) is 0. The van der Waals surface area contributed by atoms with Crippen LogP contribution in [0.2, 0.25) is 0 Å². The van der Waals surface area contributed by atoms with E-state index in [1.165, 1.54) is 4.90 Å². The van der Waals surface area contributed by atoms with Crippen LogP contribution in [-0.2, 0) is 52.8 Å². The number of benzene rings is 8. The number of hydrogen-bond acceptors (Lipinski definition) is 4. The summed E-state index contributed by atoms with van der Waals surface area (Å²) in [6.07, 6.45) is 19.4. The van der Waals surface area contributed by atoms with Gasteiger partial charge in [0, 0.05) is 5.56 Å². The van der Waals surface area contributed by atoms with Crippen LogP contribution in [-0.4, -0.2) is 40.0 Å². The van der Waals surface area contributed by atoms with E-state index >= 15 is 0 Å². The van der Waals surface area contributed by atoms with Crippen LogP contribution in [0, 0.1) is 11.6 Å². The first kappa shape index (κ1) is 58.7. The molecule has 1 N–H and O–H groups in total. The van der Waals surface area contributed by atoms with Crippen molar-refractivity contribution in [2.75, 3.05) is 6.54 Å². The molecule has 1 unspecified atom stereocenters. The fraction of sp³-hybridized carbons (Fsp3) is 0.0294. The minimum absolute atomic E-state index is 0.0114. The second kappa shape index (κ2) is 32.1. The molecule has 1 amide bonds. The smallest absolute Gasteiger partial charge is 0.408 e. The number of nitrogens with zero attached hydrogens (tertiary/aromatic N) is 1. The van der Waals surface area contributed by atoms with Crippen LogP contribution in [0.5, 0.6) is 0 Å². The van der Waals surface area contributed by atoms with Gasteiger partial charge in [0.05, 0.1) is 12.6 Å². The number of ketones is 3. The third kappa shape index (κ3) is 20.8. The topological polar surface area (TPSA) is 91.8 Å². The first-order valence-electron chi connectivity index (χ1n) is 24.5. The second-order valence-electron chi connectivity index (χ2n) is 16.9. The van der Waals surface area contributed by atoms with Crippen LogP contribution >= 0.6 is 0 Å². The minimum atomic E-state index is -1.10. The molecular formula is C68H53F2NO5Pd2. The largest absolute Gasteiger partial charge is 0.465 e. The van der Waals surface area contributed by atoms with Crippen molar-refractivity contribution in [3.63, 3.8) is 0 Å². The molecule has 1 aliphatic rings. The monoisotopic (exact) mass is 1210 g/mol. The molecule has 0 aromatic heterocycles. The first-order valence-corrected chi connectivity index (χ1v) is 26.0. The van der Waals surface area contributed by atoms with Crippen LogP contribution in [0.15, 0.2) is 265 Å². The number of hydrogen-bond donors (Lipinski definition) is 1. The number of rotatable bonds is 14. The zero-order valence-electron chi connectivity index (χ0n) is 42.0. The Morgan fingerprint density at radius 3 is 1.23 bits per heavy atom. The van der Waals surface area contributed by atoms with Crippen molar-refractivity contribution in [1.82, 2.24) is 4.90 Å². The second-order valence-corrected chi connectivity index (χ2v) is 18.7. The molecule has 1 aliphatic heterocycles. The number of amides is 1. The molecule has 8 aromatic rings. The summed E-state index contributed by atoms with van der Waals surface area (Å²) in [4.78, 5) is 47.9. The van der Waals surface area contributed by atoms with Gasteiger partial charge in [0.2, 0.25) is 0 Å². The zero-order chi connectivity index (χ0) is 55.3. The Hall–Kier alpha value is -8.60. The molecule has 1 atom stereocenters. The molecule has 78 heavy (non-hydrogen) atoms. The van der Waals surface area contributed by atoms with E-state index < -0.39 is 23.8 Å². The van der Waals surface area contributed by atoms with Crippen LogP contribution in [0.3, 0.4) is 0 Å². The Balaban J connectivity index is 0.000000169. The zero-order valence-corrected chi connectivity index (χ0v) is 45.1. The van der Waals surface area contributed by atoms with Gasteiger partial charge in [0.25, 0.3) is 0 Å². The Labute approximate surface area is 476 Å². The van der Waals surface area contributed by atoms with Crippen molar-refractivity contribution in [2.24, 2.45) is 0 Å². The van der Waals surface area contributed by atoms with E-state index in [0.717, 1.165) is 61.2 Å². The fourth-order valence-corrected chi connectivity index (χ4v) is 7.94. The summed E-state index contributed by atoms with van der Waals surface area (Å²) >= 11 is 6.14. The average Bonchev–Trinajstić information content (AvgIpc) is 3.94. The van der Waals surface area contributed by atoms with Gasteiger partial charge < -0.3 is 5.11 Å². The molecule has 6 nitrogen and oxygen atoms in total. The summed E-state index contributed by atoms with van der Waals surface area (Å²) in [5.41, 5.74) is 7.46. The van der Waals surface area contributed by atoms with Crippen LogP contribution in [0.25, 0.3) is 42.0 Å². The predicted octanol–water partition coefficient (Wildman–Crippen LogP) is 15.1. The Morgan fingerprint density at radius 2 is 0.846 bits per heavy atom. The van der Waals surface area contributed by atoms with Gasteiger partial charge in [-0.3, -0.25) is 14.5 Å². The van der Waals surface area contributed by atoms with Crippen molar-refractivity contribution >= 4 is 69.5 Å². The quantitative estimate of drug-likeness (QED) is 0.0865. The molecule has 8 aromatic carbocycles. The van der Waals surface area contributed by atoms with Crippen molar-refractivity contribution in [2.45, 2.75) is 6.04 Å². The molecule has 9 rings (SSSR count). The van der Waals surface area contributed by atoms with Crippen molar-refractivity contribution < 1.29 is 71.5 Å². The van der Waals surface area contributed by atoms with Gasteiger partial charge in [-0.2, -0.15) is 0 Å². The maximum atomic E-state index is 13.9. The molecule has 0 radical (unpaired) electrons. The summed E-state index contributed by atoms with van der Waals surface area (Å²) in [6, 6.07) is 68.4. The molecule has 1 heterocycles. The van der Waals surface area contributed by atoms with Crippen molar-refractivity contribution in [3.8, 4) is 0 Å². The first-order chi connectivity index (χ1) is 37.9. The number of carbonyl (C=O) groups is 4. The molecule has 0 spiro atoms. The van der Waals surface area contributed by atoms with E-state index in [1.54, 1.807) is 36.5 Å². The maximum Gasteiger partial charge on any atom is 0.408 e. The molecular weight excluding hydrogens is 1160 g/mol. The van der Waals surface area contributed by atoms with Gasteiger partial charge in [-0.1, -0.05) is 182 Å². The molecule has 0 bridgehead atoms. The van der Waals surface area contributed by atoms with Crippen molar-refractivity contribution in [1.29, 1.82) is 0 Å². The Kier molecular flexibility index (Phi) is 24.1. The third-order valence-electron chi connectivity index (χ3n) is 11.2. The van der Waals surface area contributed by atoms with E-state index in [4.69, 9.17) is 0 Å². The summed E-state index contributed by atoms with van der Waals surface area (Å²) in [6.45, 7) is 0.0231. The summed E-state index contributed by atoms with van der Waals surface area (Å²) in [5, 5.41) is 9.36. The van der Waals surface area contributed by atoms with E-state index in [0.29, 0.717) is 9.62 Å². The van der Waals surface area contributed by atoms with Gasteiger partial charge in [-0.15, -0.1) is 0 Å². The number of carboxylic acid groups (broad SMARTS) is 1. The molecule has 0 saturated heterocycles. The van der Waals surface area contributed by atoms with Gasteiger partial charge in [-0.25, -0.2) is 13.6 Å². The predicted molar refractivity (Wildman–Crippen MR) is 305 cm³/mol. The minimum Gasteiger partial charge on any atom is -0.465 e. The van der Waals surface area contributed by atoms with Crippen LogP contribution < -0.4 is 4.04 Å². The molecule has 0 saturated carbocycles. The normalized spacial score (nSPS) is 13.1. The molecule has 394 valence electrons. The van der Waals surface area contributed by atoms with Crippen molar-refractivity contribution in [3.05, 3.63) is 321 Å². The van der Waals surface area contributed by atoms with Gasteiger partial charge in [0.15, 0.2) is 11.6 Å².